The number of amides is 1. The Bertz CT molecular complexity index is 960. The van der Waals surface area contributed by atoms with Crippen molar-refractivity contribution in [1.82, 2.24) is 0 Å². The van der Waals surface area contributed by atoms with Crippen LogP contribution in [0.25, 0.3) is 10.4 Å². The Labute approximate surface area is 157 Å². The molecule has 26 heavy (non-hydrogen) atoms. The van der Waals surface area contributed by atoms with Gasteiger partial charge in [0.2, 0.25) is 0 Å². The lowest BCUT2D eigenvalue weighted by Crippen LogP contribution is -2.23. The van der Waals surface area contributed by atoms with Crippen LogP contribution in [0.5, 0.6) is 5.75 Å². The molecule has 0 aliphatic heterocycles. The highest BCUT2D eigenvalue weighted by molar-refractivity contribution is 7.14. The molecule has 0 bridgehead atoms. The van der Waals surface area contributed by atoms with Gasteiger partial charge in [-0.1, -0.05) is 35.7 Å². The Hall–Kier alpha value is -3.03. The zero-order valence-electron chi connectivity index (χ0n) is 14.9. The van der Waals surface area contributed by atoms with Crippen molar-refractivity contribution in [3.63, 3.8) is 0 Å². The number of carbonyl (C=O) groups excluding carboxylic acids is 1. The molecular weight excluding hydrogens is 342 g/mol. The van der Waals surface area contributed by atoms with E-state index >= 15 is 0 Å². The third kappa shape index (κ3) is 4.14. The van der Waals surface area contributed by atoms with E-state index in [4.69, 9.17) is 4.74 Å². The first kappa shape index (κ1) is 17.8. The first-order valence-corrected chi connectivity index (χ1v) is 9.04. The number of ether oxygens (including phenoxy) is 1. The molecule has 2 aromatic carbocycles. The number of nitrogens with zero attached hydrogens (tertiary/aromatic N) is 1. The van der Waals surface area contributed by atoms with E-state index in [0.29, 0.717) is 0 Å². The van der Waals surface area contributed by atoms with Crippen molar-refractivity contribution < 1.29 is 9.53 Å². The lowest BCUT2D eigenvalue weighted by atomic mass is 10.1. The van der Waals surface area contributed by atoms with Gasteiger partial charge in [-0.3, -0.25) is 4.79 Å². The van der Waals surface area contributed by atoms with Crippen molar-refractivity contribution in [3.8, 4) is 28.0 Å². The van der Waals surface area contributed by atoms with Crippen LogP contribution < -0.4 is 9.64 Å². The van der Waals surface area contributed by atoms with E-state index in [2.05, 4.69) is 43.0 Å². The second-order valence-corrected chi connectivity index (χ2v) is 6.79. The van der Waals surface area contributed by atoms with E-state index in [-0.39, 0.29) is 5.91 Å². The summed E-state index contributed by atoms with van der Waals surface area (Å²) in [6, 6.07) is 17.7. The van der Waals surface area contributed by atoms with Gasteiger partial charge in [0.1, 0.15) is 5.75 Å². The van der Waals surface area contributed by atoms with Crippen LogP contribution in [0.2, 0.25) is 0 Å². The molecule has 1 aromatic heterocycles. The molecule has 0 N–H and O–H groups in total. The summed E-state index contributed by atoms with van der Waals surface area (Å²) in [7, 11) is 3.36. The smallest absolute Gasteiger partial charge is 0.303 e. The van der Waals surface area contributed by atoms with E-state index in [9.17, 15) is 4.79 Å². The van der Waals surface area contributed by atoms with Crippen LogP contribution >= 0.6 is 11.3 Å². The predicted molar refractivity (Wildman–Crippen MR) is 108 cm³/mol. The molecule has 0 atom stereocenters. The summed E-state index contributed by atoms with van der Waals surface area (Å²) >= 11 is 1.62. The normalized spacial score (nSPS) is 9.96. The van der Waals surface area contributed by atoms with Gasteiger partial charge >= 0.3 is 5.91 Å². The van der Waals surface area contributed by atoms with Crippen molar-refractivity contribution in [2.45, 2.75) is 6.92 Å². The standard InChI is InChI=1S/C22H19NO2S/c1-16-4-9-18(10-5-16)21-14-19(15-26-21)23(2)22(24)13-8-17-6-11-20(25-3)12-7-17/h4-7,9-12,14-15H,1-3H3. The van der Waals surface area contributed by atoms with Gasteiger partial charge in [-0.2, -0.15) is 0 Å². The number of thiophene rings is 1. The lowest BCUT2D eigenvalue weighted by molar-refractivity contribution is -0.113. The number of benzene rings is 2. The fourth-order valence-electron chi connectivity index (χ4n) is 2.37. The number of anilines is 1. The highest BCUT2D eigenvalue weighted by Gasteiger charge is 2.11. The monoisotopic (exact) mass is 361 g/mol. The number of rotatable bonds is 3. The van der Waals surface area contributed by atoms with Gasteiger partial charge in [-0.25, -0.2) is 0 Å². The van der Waals surface area contributed by atoms with E-state index in [1.54, 1.807) is 30.4 Å². The first-order chi connectivity index (χ1) is 12.6. The summed E-state index contributed by atoms with van der Waals surface area (Å²) in [5.74, 6) is 6.11. The first-order valence-electron chi connectivity index (χ1n) is 8.16. The maximum absolute atomic E-state index is 12.4. The fourth-order valence-corrected chi connectivity index (χ4v) is 3.31. The largest absolute Gasteiger partial charge is 0.497 e. The van der Waals surface area contributed by atoms with Crippen molar-refractivity contribution in [3.05, 3.63) is 71.1 Å². The summed E-state index contributed by atoms with van der Waals surface area (Å²) in [5, 5.41) is 1.97. The van der Waals surface area contributed by atoms with Gasteiger partial charge in [-0.05, 0) is 42.8 Å². The second kappa shape index (κ2) is 7.90. The topological polar surface area (TPSA) is 29.5 Å². The Morgan fingerprint density at radius 1 is 1.08 bits per heavy atom. The Balaban J connectivity index is 1.73. The van der Waals surface area contributed by atoms with E-state index in [1.807, 2.05) is 35.7 Å². The number of carbonyl (C=O) groups is 1. The SMILES string of the molecule is COc1ccc(C#CC(=O)N(C)c2csc(-c3ccc(C)cc3)c2)cc1. The van der Waals surface area contributed by atoms with E-state index in [1.165, 1.54) is 5.56 Å². The maximum Gasteiger partial charge on any atom is 0.303 e. The highest BCUT2D eigenvalue weighted by Crippen LogP contribution is 2.31. The fraction of sp³-hybridized carbons (Fsp3) is 0.136. The molecule has 0 saturated carbocycles. The third-order valence-corrected chi connectivity index (χ3v) is 4.98. The average molecular weight is 361 g/mol. The van der Waals surface area contributed by atoms with Crippen LogP contribution in [0, 0.1) is 18.8 Å². The molecular formula is C22H19NO2S. The zero-order valence-corrected chi connectivity index (χ0v) is 15.8. The molecule has 0 aliphatic carbocycles. The number of methoxy groups -OCH3 is 1. The van der Waals surface area contributed by atoms with Crippen molar-refractivity contribution in [2.24, 2.45) is 0 Å². The van der Waals surface area contributed by atoms with E-state index in [0.717, 1.165) is 27.4 Å². The number of hydrogen-bond donors (Lipinski definition) is 0. The van der Waals surface area contributed by atoms with Gasteiger partial charge in [0, 0.05) is 28.8 Å². The number of aryl methyl sites for hydroxylation is 1. The van der Waals surface area contributed by atoms with Gasteiger partial charge in [-0.15, -0.1) is 11.3 Å². The summed E-state index contributed by atoms with van der Waals surface area (Å²) < 4.78 is 5.11. The molecule has 0 spiro atoms. The zero-order chi connectivity index (χ0) is 18.5. The molecule has 0 saturated heterocycles. The molecule has 3 nitrogen and oxygen atoms in total. The Kier molecular flexibility index (Phi) is 5.40. The third-order valence-electron chi connectivity index (χ3n) is 4.02. The van der Waals surface area contributed by atoms with Crippen molar-refractivity contribution in [2.75, 3.05) is 19.1 Å². The summed E-state index contributed by atoms with van der Waals surface area (Å²) in [6.07, 6.45) is 0. The summed E-state index contributed by atoms with van der Waals surface area (Å²) in [6.45, 7) is 2.07. The quantitative estimate of drug-likeness (QED) is 0.630. The van der Waals surface area contributed by atoms with Gasteiger partial charge in [0.25, 0.3) is 0 Å². The predicted octanol–water partition coefficient (Wildman–Crippen LogP) is 4.75. The van der Waals surface area contributed by atoms with Crippen LogP contribution in [-0.4, -0.2) is 20.1 Å². The minimum absolute atomic E-state index is 0.242. The molecule has 1 amide bonds. The summed E-state index contributed by atoms with van der Waals surface area (Å²) in [4.78, 5) is 15.1. The van der Waals surface area contributed by atoms with Gasteiger partial charge < -0.3 is 9.64 Å². The van der Waals surface area contributed by atoms with Crippen molar-refractivity contribution >= 4 is 22.9 Å². The highest BCUT2D eigenvalue weighted by atomic mass is 32.1. The maximum atomic E-state index is 12.4. The van der Waals surface area contributed by atoms with Crippen LogP contribution in [0.3, 0.4) is 0 Å². The molecule has 0 unspecified atom stereocenters. The van der Waals surface area contributed by atoms with Crippen LogP contribution in [0.15, 0.2) is 60.0 Å². The van der Waals surface area contributed by atoms with Crippen LogP contribution in [0.1, 0.15) is 11.1 Å². The lowest BCUT2D eigenvalue weighted by Gasteiger charge is -2.10. The molecule has 0 aliphatic rings. The van der Waals surface area contributed by atoms with Gasteiger partial charge in [0.15, 0.2) is 0 Å². The number of hydrogen-bond acceptors (Lipinski definition) is 3. The second-order valence-electron chi connectivity index (χ2n) is 5.88. The molecule has 3 rings (SSSR count). The molecule has 1 heterocycles. The minimum atomic E-state index is -0.242. The van der Waals surface area contributed by atoms with Crippen LogP contribution in [-0.2, 0) is 4.79 Å². The minimum Gasteiger partial charge on any atom is -0.497 e. The Morgan fingerprint density at radius 2 is 1.77 bits per heavy atom. The van der Waals surface area contributed by atoms with Crippen molar-refractivity contribution in [1.29, 1.82) is 0 Å². The van der Waals surface area contributed by atoms with Crippen LogP contribution in [0.4, 0.5) is 5.69 Å². The average Bonchev–Trinajstić information content (AvgIpc) is 3.16. The molecule has 0 fully saturated rings. The van der Waals surface area contributed by atoms with Gasteiger partial charge in [0.05, 0.1) is 12.8 Å². The Morgan fingerprint density at radius 3 is 2.42 bits per heavy atom. The molecule has 4 heteroatoms. The molecule has 130 valence electrons. The van der Waals surface area contributed by atoms with E-state index < -0.39 is 0 Å². The molecule has 3 aromatic rings. The molecule has 0 radical (unpaired) electrons. The summed E-state index contributed by atoms with van der Waals surface area (Å²) in [5.41, 5.74) is 4.00.